The summed E-state index contributed by atoms with van der Waals surface area (Å²) in [6.07, 6.45) is 3.80. The summed E-state index contributed by atoms with van der Waals surface area (Å²) >= 11 is 0. The minimum atomic E-state index is -1.30. The molecule has 1 fully saturated rings. The van der Waals surface area contributed by atoms with Gasteiger partial charge in [0, 0.05) is 45.2 Å². The van der Waals surface area contributed by atoms with E-state index in [1.54, 1.807) is 17.0 Å². The normalized spacial score (nSPS) is 16.7. The van der Waals surface area contributed by atoms with Crippen molar-refractivity contribution in [3.63, 3.8) is 0 Å². The van der Waals surface area contributed by atoms with E-state index in [0.29, 0.717) is 36.3 Å². The summed E-state index contributed by atoms with van der Waals surface area (Å²) in [7, 11) is 0.220. The molecule has 9 nitrogen and oxygen atoms in total. The third kappa shape index (κ3) is 7.92. The van der Waals surface area contributed by atoms with Crippen LogP contribution >= 0.6 is 0 Å². The van der Waals surface area contributed by atoms with Crippen molar-refractivity contribution in [2.24, 2.45) is 5.73 Å². The van der Waals surface area contributed by atoms with E-state index in [0.717, 1.165) is 46.9 Å². The predicted molar refractivity (Wildman–Crippen MR) is 166 cm³/mol. The van der Waals surface area contributed by atoms with Crippen LogP contribution in [-0.4, -0.2) is 68.0 Å². The zero-order chi connectivity index (χ0) is 31.1. The number of carbonyl (C=O) groups excluding carboxylic acids is 4. The van der Waals surface area contributed by atoms with E-state index < -0.39 is 20.0 Å². The molecule has 1 saturated heterocycles. The molecule has 4 amide bonds. The van der Waals surface area contributed by atoms with Crippen LogP contribution in [0.3, 0.4) is 0 Å². The highest BCUT2D eigenvalue weighted by Crippen LogP contribution is 2.31. The minimum Gasteiger partial charge on any atom is -0.496 e. The molecule has 2 aromatic rings. The molecule has 228 valence electrons. The van der Waals surface area contributed by atoms with E-state index in [4.69, 9.17) is 15.2 Å². The molecule has 0 aromatic heterocycles. The molecule has 2 heterocycles. The van der Waals surface area contributed by atoms with E-state index in [1.165, 1.54) is 7.11 Å². The quantitative estimate of drug-likeness (QED) is 0.167. The van der Waals surface area contributed by atoms with Gasteiger partial charge in [0.05, 0.1) is 12.7 Å². The van der Waals surface area contributed by atoms with Gasteiger partial charge in [-0.25, -0.2) is 0 Å². The molecule has 0 radical (unpaired) electrons. The zero-order valence-corrected chi connectivity index (χ0v) is 26.5. The fraction of sp³-hybridized carbons (Fsp3) is 0.455. The summed E-state index contributed by atoms with van der Waals surface area (Å²) < 4.78 is 11.0. The molecule has 2 aliphatic heterocycles. The second-order valence-electron chi connectivity index (χ2n) is 12.2. The van der Waals surface area contributed by atoms with Crippen LogP contribution < -0.4 is 10.5 Å². The SMILES string of the molecule is COc1cc(CCCCC#Cc2cccc3c2CN(C2CCC(=O)N(COCC[Si](C)(C)C)C2=O)C3=O)ccc1C(N)=O. The number of piperidine rings is 1. The molecule has 1 atom stereocenters. The van der Waals surface area contributed by atoms with Crippen LogP contribution in [-0.2, 0) is 27.3 Å². The van der Waals surface area contributed by atoms with Gasteiger partial charge in [0.2, 0.25) is 5.91 Å². The summed E-state index contributed by atoms with van der Waals surface area (Å²) in [5.41, 5.74) is 8.98. The van der Waals surface area contributed by atoms with Gasteiger partial charge < -0.3 is 20.1 Å². The molecule has 1 unspecified atom stereocenters. The Morgan fingerprint density at radius 2 is 1.91 bits per heavy atom. The number of fused-ring (bicyclic) bond motifs is 1. The highest BCUT2D eigenvalue weighted by Gasteiger charge is 2.43. The van der Waals surface area contributed by atoms with Crippen LogP contribution in [0.2, 0.25) is 25.7 Å². The van der Waals surface area contributed by atoms with Gasteiger partial charge in [-0.05, 0) is 67.1 Å². The number of methoxy groups -OCH3 is 1. The number of likely N-dealkylation sites (tertiary alicyclic amines) is 1. The second kappa shape index (κ2) is 14.0. The number of imide groups is 1. The van der Waals surface area contributed by atoms with Crippen molar-refractivity contribution in [3.8, 4) is 17.6 Å². The van der Waals surface area contributed by atoms with E-state index in [1.807, 2.05) is 24.3 Å². The van der Waals surface area contributed by atoms with Crippen LogP contribution in [0.15, 0.2) is 36.4 Å². The van der Waals surface area contributed by atoms with E-state index >= 15 is 0 Å². The van der Waals surface area contributed by atoms with Crippen molar-refractivity contribution in [1.29, 1.82) is 0 Å². The molecule has 0 aliphatic carbocycles. The number of primary amides is 1. The van der Waals surface area contributed by atoms with Crippen LogP contribution in [0.25, 0.3) is 0 Å². The summed E-state index contributed by atoms with van der Waals surface area (Å²) in [6, 6.07) is 11.2. The molecule has 0 spiro atoms. The second-order valence-corrected chi connectivity index (χ2v) is 17.9. The Balaban J connectivity index is 1.33. The molecule has 2 N–H and O–H groups in total. The van der Waals surface area contributed by atoms with Gasteiger partial charge in [0.15, 0.2) is 0 Å². The van der Waals surface area contributed by atoms with Crippen LogP contribution in [0.4, 0.5) is 0 Å². The van der Waals surface area contributed by atoms with Gasteiger partial charge in [0.25, 0.3) is 17.7 Å². The molecular weight excluding hydrogens is 562 g/mol. The topological polar surface area (TPSA) is 119 Å². The fourth-order valence-electron chi connectivity index (χ4n) is 5.30. The number of benzene rings is 2. The summed E-state index contributed by atoms with van der Waals surface area (Å²) in [6.45, 7) is 7.45. The summed E-state index contributed by atoms with van der Waals surface area (Å²) in [5, 5.41) is 0. The Morgan fingerprint density at radius 3 is 2.63 bits per heavy atom. The van der Waals surface area contributed by atoms with Crippen molar-refractivity contribution >= 4 is 31.7 Å². The Kier molecular flexibility index (Phi) is 10.4. The number of nitrogens with zero attached hydrogens (tertiary/aromatic N) is 2. The standard InChI is InChI=1S/C33H41N3O6Si/c1-41-29-20-23(14-15-26(29)31(34)38)10-7-5-6-8-11-24-12-9-13-25-27(24)21-35(32(25)39)28-16-17-30(37)36(33(28)40)22-42-18-19-43(2,3)4/h9,12-15,20,28H,5-7,10,16-19,21-22H2,1-4H3,(H2,34,38). The molecule has 10 heteroatoms. The van der Waals surface area contributed by atoms with Crippen molar-refractivity contribution < 1.29 is 28.7 Å². The van der Waals surface area contributed by atoms with Crippen LogP contribution in [0.5, 0.6) is 5.75 Å². The average molecular weight is 604 g/mol. The largest absolute Gasteiger partial charge is 0.496 e. The van der Waals surface area contributed by atoms with Gasteiger partial charge in [-0.15, -0.1) is 0 Å². The van der Waals surface area contributed by atoms with Gasteiger partial charge in [0.1, 0.15) is 18.5 Å². The first-order chi connectivity index (χ1) is 20.5. The highest BCUT2D eigenvalue weighted by molar-refractivity contribution is 6.76. The fourth-order valence-corrected chi connectivity index (χ4v) is 6.06. The molecular formula is C33H41N3O6Si. The monoisotopic (exact) mass is 603 g/mol. The van der Waals surface area contributed by atoms with E-state index in [2.05, 4.69) is 31.5 Å². The molecule has 2 aromatic carbocycles. The minimum absolute atomic E-state index is 0.0728. The number of carbonyl (C=O) groups is 4. The molecule has 43 heavy (non-hydrogen) atoms. The third-order valence-corrected chi connectivity index (χ3v) is 9.55. The van der Waals surface area contributed by atoms with Crippen LogP contribution in [0.1, 0.15) is 69.5 Å². The first-order valence-electron chi connectivity index (χ1n) is 14.8. The number of ether oxygens (including phenoxy) is 2. The molecule has 2 aliphatic rings. The van der Waals surface area contributed by atoms with Gasteiger partial charge in [-0.3, -0.25) is 24.1 Å². The lowest BCUT2D eigenvalue weighted by atomic mass is 10.0. The first kappa shape index (κ1) is 32.0. The van der Waals surface area contributed by atoms with Crippen molar-refractivity contribution in [2.75, 3.05) is 20.4 Å². The maximum Gasteiger partial charge on any atom is 0.255 e. The first-order valence-corrected chi connectivity index (χ1v) is 18.5. The zero-order valence-electron chi connectivity index (χ0n) is 25.5. The number of hydrogen-bond donors (Lipinski definition) is 1. The smallest absolute Gasteiger partial charge is 0.255 e. The molecule has 0 saturated carbocycles. The number of rotatable bonds is 12. The Hall–Kier alpha value is -3.94. The van der Waals surface area contributed by atoms with Crippen molar-refractivity contribution in [3.05, 3.63) is 64.2 Å². The highest BCUT2D eigenvalue weighted by atomic mass is 28.3. The number of hydrogen-bond acceptors (Lipinski definition) is 6. The molecule has 0 bridgehead atoms. The predicted octanol–water partition coefficient (Wildman–Crippen LogP) is 4.34. The Morgan fingerprint density at radius 1 is 1.12 bits per heavy atom. The van der Waals surface area contributed by atoms with E-state index in [9.17, 15) is 19.2 Å². The Bertz CT molecular complexity index is 1450. The lowest BCUT2D eigenvalue weighted by molar-refractivity contribution is -0.158. The van der Waals surface area contributed by atoms with Crippen molar-refractivity contribution in [2.45, 2.75) is 76.8 Å². The third-order valence-electron chi connectivity index (χ3n) is 7.84. The van der Waals surface area contributed by atoms with Gasteiger partial charge in [-0.2, -0.15) is 0 Å². The van der Waals surface area contributed by atoms with Crippen molar-refractivity contribution in [1.82, 2.24) is 9.80 Å². The number of nitrogens with two attached hydrogens (primary N) is 1. The molecule has 4 rings (SSSR count). The number of amides is 4. The van der Waals surface area contributed by atoms with Gasteiger partial charge in [-0.1, -0.05) is 43.6 Å². The maximum absolute atomic E-state index is 13.4. The lowest BCUT2D eigenvalue weighted by Gasteiger charge is -2.35. The number of aryl methyl sites for hydroxylation is 1. The van der Waals surface area contributed by atoms with Crippen LogP contribution in [0, 0.1) is 11.8 Å². The lowest BCUT2D eigenvalue weighted by Crippen LogP contribution is -2.55. The average Bonchev–Trinajstić information content (AvgIpc) is 3.30. The summed E-state index contributed by atoms with van der Waals surface area (Å²) in [5.74, 6) is 5.59. The van der Waals surface area contributed by atoms with E-state index in [-0.39, 0.29) is 37.4 Å². The summed E-state index contributed by atoms with van der Waals surface area (Å²) in [4.78, 5) is 53.5. The number of unbranched alkanes of at least 4 members (excludes halogenated alkanes) is 2. The van der Waals surface area contributed by atoms with Gasteiger partial charge >= 0.3 is 0 Å². The Labute approximate surface area is 254 Å². The maximum atomic E-state index is 13.4.